The fourth-order valence-electron chi connectivity index (χ4n) is 4.17. The van der Waals surface area contributed by atoms with Gasteiger partial charge in [0, 0.05) is 11.5 Å². The van der Waals surface area contributed by atoms with Gasteiger partial charge in [-0.15, -0.1) is 0 Å². The van der Waals surface area contributed by atoms with Crippen molar-refractivity contribution in [2.45, 2.75) is 75.1 Å². The van der Waals surface area contributed by atoms with E-state index in [0.717, 1.165) is 11.1 Å². The second-order valence-corrected chi connectivity index (χ2v) is 10.6. The SMILES string of the molecule is CC[C@H]([C@@H]1CCC(N=[N+]=[N-])C(OC(=N)C(C)(Cl)Cl)O1)N(Cc1ccccc1)C(=O)OCc1ccccc1. The van der Waals surface area contributed by atoms with Crippen LogP contribution in [0.25, 0.3) is 10.4 Å². The van der Waals surface area contributed by atoms with Gasteiger partial charge in [0.15, 0.2) is 4.33 Å². The Kier molecular flexibility index (Phi) is 10.5. The average molecular weight is 548 g/mol. The number of hydrogen-bond donors (Lipinski definition) is 1. The molecular weight excluding hydrogens is 517 g/mol. The van der Waals surface area contributed by atoms with E-state index in [9.17, 15) is 4.79 Å². The van der Waals surface area contributed by atoms with Crippen molar-refractivity contribution in [2.24, 2.45) is 5.11 Å². The maximum Gasteiger partial charge on any atom is 0.410 e. The van der Waals surface area contributed by atoms with Crippen LogP contribution in [0.2, 0.25) is 0 Å². The molecule has 37 heavy (non-hydrogen) atoms. The molecule has 2 aromatic carbocycles. The summed E-state index contributed by atoms with van der Waals surface area (Å²) in [6, 6.07) is 18.0. The molecule has 9 nitrogen and oxygen atoms in total. The molecule has 4 atom stereocenters. The summed E-state index contributed by atoms with van der Waals surface area (Å²) in [7, 11) is 0. The van der Waals surface area contributed by atoms with Crippen LogP contribution in [-0.4, -0.2) is 45.7 Å². The molecular formula is C26H31Cl2N5O4. The lowest BCUT2D eigenvalue weighted by molar-refractivity contribution is -0.182. The average Bonchev–Trinajstić information content (AvgIpc) is 2.89. The molecule has 11 heteroatoms. The molecule has 1 aliphatic heterocycles. The Labute approximate surface area is 226 Å². The van der Waals surface area contributed by atoms with E-state index in [-0.39, 0.29) is 12.6 Å². The molecule has 1 amide bonds. The summed E-state index contributed by atoms with van der Waals surface area (Å²) in [4.78, 5) is 17.9. The van der Waals surface area contributed by atoms with E-state index >= 15 is 0 Å². The Morgan fingerprint density at radius 3 is 2.38 bits per heavy atom. The minimum atomic E-state index is -1.58. The third-order valence-corrected chi connectivity index (χ3v) is 6.43. The van der Waals surface area contributed by atoms with Gasteiger partial charge in [-0.1, -0.05) is 95.9 Å². The highest BCUT2D eigenvalue weighted by molar-refractivity contribution is 6.57. The first-order valence-corrected chi connectivity index (χ1v) is 12.8. The molecule has 0 radical (unpaired) electrons. The number of hydrogen-bond acceptors (Lipinski definition) is 6. The molecule has 1 saturated heterocycles. The Hall–Kier alpha value is -2.97. The van der Waals surface area contributed by atoms with Crippen LogP contribution in [0.4, 0.5) is 4.79 Å². The summed E-state index contributed by atoms with van der Waals surface area (Å²) in [5, 5.41) is 11.8. The van der Waals surface area contributed by atoms with Crippen molar-refractivity contribution >= 4 is 35.2 Å². The van der Waals surface area contributed by atoms with Gasteiger partial charge in [-0.2, -0.15) is 0 Å². The zero-order valence-corrected chi connectivity index (χ0v) is 22.3. The van der Waals surface area contributed by atoms with Crippen molar-refractivity contribution in [3.8, 4) is 0 Å². The normalized spacial score (nSPS) is 20.3. The fraction of sp³-hybridized carbons (Fsp3) is 0.462. The summed E-state index contributed by atoms with van der Waals surface area (Å²) in [5.41, 5.74) is 10.8. The van der Waals surface area contributed by atoms with E-state index in [2.05, 4.69) is 10.0 Å². The van der Waals surface area contributed by atoms with Gasteiger partial charge in [-0.25, -0.2) is 4.79 Å². The summed E-state index contributed by atoms with van der Waals surface area (Å²) in [6.07, 6.45) is -0.518. The number of benzene rings is 2. The minimum absolute atomic E-state index is 0.138. The van der Waals surface area contributed by atoms with Gasteiger partial charge < -0.3 is 14.2 Å². The van der Waals surface area contributed by atoms with Crippen LogP contribution in [0.5, 0.6) is 0 Å². The molecule has 0 spiro atoms. The molecule has 2 unspecified atom stereocenters. The second kappa shape index (κ2) is 13.5. The fourth-order valence-corrected chi connectivity index (χ4v) is 4.26. The number of nitrogens with one attached hydrogen (secondary N) is 1. The smallest absolute Gasteiger partial charge is 0.410 e. The molecule has 1 aliphatic rings. The third-order valence-electron chi connectivity index (χ3n) is 6.09. The largest absolute Gasteiger partial charge is 0.449 e. The lowest BCUT2D eigenvalue weighted by Gasteiger charge is -2.41. The zero-order chi connectivity index (χ0) is 26.8. The summed E-state index contributed by atoms with van der Waals surface area (Å²) < 4.78 is 15.9. The number of amides is 1. The maximum absolute atomic E-state index is 13.4. The number of halogens is 2. The lowest BCUT2D eigenvalue weighted by Crippen LogP contribution is -2.52. The van der Waals surface area contributed by atoms with E-state index in [1.54, 1.807) is 4.90 Å². The monoisotopic (exact) mass is 547 g/mol. The van der Waals surface area contributed by atoms with Gasteiger partial charge in [0.25, 0.3) is 0 Å². The zero-order valence-electron chi connectivity index (χ0n) is 20.8. The molecule has 1 fully saturated rings. The quantitative estimate of drug-likeness (QED) is 0.0860. The molecule has 3 rings (SSSR count). The predicted molar refractivity (Wildman–Crippen MR) is 142 cm³/mol. The molecule has 0 bridgehead atoms. The molecule has 1 N–H and O–H groups in total. The van der Waals surface area contributed by atoms with Crippen LogP contribution in [0.1, 0.15) is 44.2 Å². The van der Waals surface area contributed by atoms with Crippen LogP contribution in [0, 0.1) is 5.41 Å². The second-order valence-electron chi connectivity index (χ2n) is 8.86. The van der Waals surface area contributed by atoms with E-state index in [4.69, 9.17) is 48.4 Å². The van der Waals surface area contributed by atoms with Gasteiger partial charge in [0.2, 0.25) is 12.2 Å². The van der Waals surface area contributed by atoms with Gasteiger partial charge >= 0.3 is 6.09 Å². The number of carbonyl (C=O) groups is 1. The van der Waals surface area contributed by atoms with Crippen molar-refractivity contribution in [3.05, 3.63) is 82.2 Å². The van der Waals surface area contributed by atoms with E-state index in [1.807, 2.05) is 67.6 Å². The maximum atomic E-state index is 13.4. The number of azide groups is 1. The third kappa shape index (κ3) is 8.27. The summed E-state index contributed by atoms with van der Waals surface area (Å²) in [5.74, 6) is -0.420. The van der Waals surface area contributed by atoms with Crippen LogP contribution < -0.4 is 0 Å². The first-order chi connectivity index (χ1) is 17.7. The van der Waals surface area contributed by atoms with Crippen molar-refractivity contribution in [2.75, 3.05) is 0 Å². The Balaban J connectivity index is 1.82. The first-order valence-electron chi connectivity index (χ1n) is 12.1. The number of nitrogens with zero attached hydrogens (tertiary/aromatic N) is 4. The summed E-state index contributed by atoms with van der Waals surface area (Å²) >= 11 is 12.0. The molecule has 0 aromatic heterocycles. The van der Waals surface area contributed by atoms with Crippen LogP contribution in [0.3, 0.4) is 0 Å². The molecule has 198 valence electrons. The van der Waals surface area contributed by atoms with Gasteiger partial charge in [-0.05, 0) is 42.8 Å². The molecule has 0 saturated carbocycles. The van der Waals surface area contributed by atoms with Crippen molar-refractivity contribution in [1.29, 1.82) is 5.41 Å². The van der Waals surface area contributed by atoms with E-state index in [1.165, 1.54) is 6.92 Å². The van der Waals surface area contributed by atoms with Gasteiger partial charge in [0.1, 0.15) is 6.61 Å². The topological polar surface area (TPSA) is 121 Å². The Bertz CT molecular complexity index is 1080. The van der Waals surface area contributed by atoms with Gasteiger partial charge in [0.05, 0.1) is 18.2 Å². The number of carbonyl (C=O) groups excluding carboxylic acids is 1. The van der Waals surface area contributed by atoms with Gasteiger partial charge in [-0.3, -0.25) is 10.3 Å². The number of alkyl halides is 2. The van der Waals surface area contributed by atoms with E-state index < -0.39 is 34.8 Å². The van der Waals surface area contributed by atoms with Crippen molar-refractivity contribution in [3.63, 3.8) is 0 Å². The highest BCUT2D eigenvalue weighted by Crippen LogP contribution is 2.32. The van der Waals surface area contributed by atoms with Crippen LogP contribution in [0.15, 0.2) is 65.8 Å². The highest BCUT2D eigenvalue weighted by atomic mass is 35.5. The predicted octanol–water partition coefficient (Wildman–Crippen LogP) is 6.98. The Morgan fingerprint density at radius 1 is 1.19 bits per heavy atom. The van der Waals surface area contributed by atoms with Crippen molar-refractivity contribution < 1.29 is 19.0 Å². The van der Waals surface area contributed by atoms with E-state index in [0.29, 0.717) is 25.8 Å². The summed E-state index contributed by atoms with van der Waals surface area (Å²) in [6.45, 7) is 3.82. The minimum Gasteiger partial charge on any atom is -0.449 e. The van der Waals surface area contributed by atoms with Crippen LogP contribution >= 0.6 is 23.2 Å². The lowest BCUT2D eigenvalue weighted by atomic mass is 9.95. The molecule has 0 aliphatic carbocycles. The number of rotatable bonds is 10. The first kappa shape index (κ1) is 28.6. The van der Waals surface area contributed by atoms with Crippen molar-refractivity contribution in [1.82, 2.24) is 4.90 Å². The molecule has 2 aromatic rings. The Morgan fingerprint density at radius 2 is 1.81 bits per heavy atom. The molecule has 1 heterocycles. The highest BCUT2D eigenvalue weighted by Gasteiger charge is 2.41. The standard InChI is InChI=1S/C26H31Cl2N5O4/c1-3-21(22-15-14-20(31-32-30)23(36-22)37-24(29)26(2,27)28)33(16-18-10-6-4-7-11-18)25(34)35-17-19-12-8-5-9-13-19/h4-13,20-23,29H,3,14-17H2,1-2H3/t20?,21-,22+,23?/m1/s1. The number of ether oxygens (including phenoxy) is 3. The van der Waals surface area contributed by atoms with Crippen LogP contribution in [-0.2, 0) is 27.4 Å².